The van der Waals surface area contributed by atoms with Crippen LogP contribution in [-0.4, -0.2) is 26.1 Å². The van der Waals surface area contributed by atoms with Gasteiger partial charge in [0.2, 0.25) is 0 Å². The Balaban J connectivity index is -0.0000000417. The monoisotopic (exact) mass is 229 g/mol. The van der Waals surface area contributed by atoms with Crippen molar-refractivity contribution in [2.75, 3.05) is 0 Å². The fourth-order valence-electron chi connectivity index (χ4n) is 0. The van der Waals surface area contributed by atoms with Gasteiger partial charge in [0.15, 0.2) is 0 Å². The van der Waals surface area contributed by atoms with Gasteiger partial charge in [-0.05, 0) is 0 Å². The van der Waals surface area contributed by atoms with Gasteiger partial charge in [0.05, 0.1) is 0 Å². The maximum atomic E-state index is 9.83. The van der Waals surface area contributed by atoms with E-state index in [1.807, 2.05) is 16.0 Å². The van der Waals surface area contributed by atoms with Gasteiger partial charge in [0.25, 0.3) is 0 Å². The molecule has 0 aromatic rings. The molecule has 0 fully saturated rings. The molecule has 1 unspecified atom stereocenters. The van der Waals surface area contributed by atoms with Crippen molar-refractivity contribution in [3.8, 4) is 0 Å². The molecule has 2 N–H and O–H groups in total. The summed E-state index contributed by atoms with van der Waals surface area (Å²) in [5.41, 5.74) is 4.70. The van der Waals surface area contributed by atoms with Crippen LogP contribution < -0.4 is 35.3 Å². The van der Waals surface area contributed by atoms with E-state index in [1.165, 1.54) is 0 Å². The second kappa shape index (κ2) is 8.69. The number of carbonyl (C=O) groups is 1. The van der Waals surface area contributed by atoms with Crippen LogP contribution in [0.5, 0.6) is 0 Å². The number of nitrogens with two attached hydrogens (primary N) is 1. The molecule has 0 spiro atoms. The minimum Gasteiger partial charge on any atom is -1.00 e. The summed E-state index contributed by atoms with van der Waals surface area (Å²) in [6.07, 6.45) is 0. The molecule has 6 heteroatoms. The van der Waals surface area contributed by atoms with E-state index in [9.17, 15) is 4.79 Å². The first kappa shape index (κ1) is 16.3. The Bertz CT molecular complexity index is 75.6. The number of hydrogen-bond donors (Lipinski definition) is 2. The number of amides is 1. The summed E-state index contributed by atoms with van der Waals surface area (Å²) in [5, 5.41) is 0. The summed E-state index contributed by atoms with van der Waals surface area (Å²) in [5.74, 6) is -0.404. The van der Waals surface area contributed by atoms with Crippen LogP contribution in [0.3, 0.4) is 0 Å². The molecule has 0 aromatic carbocycles. The molecule has 2 nitrogen and oxygen atoms in total. The van der Waals surface area contributed by atoms with Gasteiger partial charge in [-0.15, -0.1) is 0 Å². The molecular weight excluding hydrogens is 220 g/mol. The predicted octanol–water partition coefficient (Wildman–Crippen LogP) is -4.14. The van der Waals surface area contributed by atoms with Gasteiger partial charge in [-0.3, -0.25) is 0 Å². The zero-order chi connectivity index (χ0) is 5.15. The molecule has 1 atom stereocenters. The van der Waals surface area contributed by atoms with Crippen molar-refractivity contribution in [2.45, 2.75) is 4.15 Å². The molecule has 0 heterocycles. The van der Waals surface area contributed by atoms with Crippen LogP contribution in [0.25, 0.3) is 0 Å². The quantitative estimate of drug-likeness (QED) is 0.347. The second-order valence-electron chi connectivity index (χ2n) is 0.776. The number of hydrogen-bond acceptors (Lipinski definition) is 2. The normalized spacial score (nSPS) is 10.2. The molecule has 0 rings (SSSR count). The van der Waals surface area contributed by atoms with E-state index in [2.05, 4.69) is 12.6 Å². The van der Waals surface area contributed by atoms with Crippen LogP contribution in [0.4, 0.5) is 0 Å². The number of rotatable bonds is 1. The predicted molar refractivity (Wildman–Crippen MR) is 40.6 cm³/mol. The van der Waals surface area contributed by atoms with Crippen molar-refractivity contribution in [2.24, 2.45) is 5.73 Å². The van der Waals surface area contributed by atoms with Crippen molar-refractivity contribution in [3.05, 3.63) is 0 Å². The molecule has 0 saturated carbocycles. The van der Waals surface area contributed by atoms with Crippen molar-refractivity contribution in [3.63, 3.8) is 0 Å². The Morgan fingerprint density at radius 1 is 1.88 bits per heavy atom. The molecule has 0 aliphatic carbocycles. The fourth-order valence-corrected chi connectivity index (χ4v) is 0. The van der Waals surface area contributed by atoms with Crippen LogP contribution in [0, 0.1) is 0 Å². The largest absolute Gasteiger partial charge is 1.00 e. The third-order valence-electron chi connectivity index (χ3n) is 0.254. The van der Waals surface area contributed by atoms with E-state index < -0.39 is 5.91 Å². The standard InChI is InChI=1S/C2H5NOSSe.Na.H2S.H/c3-1(4)2(5)6;;;/h2,5-6H,(H2,3,4);;1H2;/q;+1;;-1. The topological polar surface area (TPSA) is 43.1 Å². The molecule has 0 bridgehead atoms. The Morgan fingerprint density at radius 2 is 2.00 bits per heavy atom. The van der Waals surface area contributed by atoms with Gasteiger partial charge in [-0.1, -0.05) is 0 Å². The Labute approximate surface area is 92.8 Å². The molecule has 46 valence electrons. The summed E-state index contributed by atoms with van der Waals surface area (Å²) >= 11 is 5.72. The minimum absolute atomic E-state index is 0. The summed E-state index contributed by atoms with van der Waals surface area (Å²) in [6.45, 7) is 0. The van der Waals surface area contributed by atoms with Crippen molar-refractivity contribution >= 4 is 48.0 Å². The molecule has 1 amide bonds. The molecule has 0 saturated heterocycles. The average molecular weight is 228 g/mol. The van der Waals surface area contributed by atoms with Crippen LogP contribution in [0.15, 0.2) is 0 Å². The summed E-state index contributed by atoms with van der Waals surface area (Å²) in [6, 6.07) is 0. The second-order valence-corrected chi connectivity index (χ2v) is 3.26. The average Bonchev–Trinajstić information content (AvgIpc) is 1.36. The SMILES string of the molecule is NC(=O)C(S)[SeH].S.[H-].[Na+]. The summed E-state index contributed by atoms with van der Waals surface area (Å²) in [7, 11) is 0. The molecule has 0 aliphatic rings. The summed E-state index contributed by atoms with van der Waals surface area (Å²) in [4.78, 5) is 9.83. The maximum Gasteiger partial charge on any atom is 1.00 e. The third-order valence-corrected chi connectivity index (χ3v) is 1.04. The minimum atomic E-state index is -0.404. The Hall–Kier alpha value is 1.69. The van der Waals surface area contributed by atoms with Gasteiger partial charge in [-0.25, -0.2) is 0 Å². The van der Waals surface area contributed by atoms with E-state index in [0.717, 1.165) is 0 Å². The van der Waals surface area contributed by atoms with Crippen LogP contribution in [0.1, 0.15) is 1.43 Å². The van der Waals surface area contributed by atoms with Crippen LogP contribution in [-0.2, 0) is 4.79 Å². The van der Waals surface area contributed by atoms with Crippen LogP contribution in [0.2, 0.25) is 0 Å². The molecule has 0 aliphatic heterocycles. The van der Waals surface area contributed by atoms with Gasteiger partial charge >= 0.3 is 78.8 Å². The van der Waals surface area contributed by atoms with Gasteiger partial charge in [-0.2, -0.15) is 13.5 Å². The van der Waals surface area contributed by atoms with Crippen molar-refractivity contribution < 1.29 is 35.8 Å². The number of primary amides is 1. The zero-order valence-electron chi connectivity index (χ0n) is 5.46. The van der Waals surface area contributed by atoms with Crippen molar-refractivity contribution in [1.82, 2.24) is 0 Å². The molecular formula is C2H8NNaOS2Se. The Kier molecular flexibility index (Phi) is 17.8. The van der Waals surface area contributed by atoms with Gasteiger partial charge < -0.3 is 1.43 Å². The first-order valence-corrected chi connectivity index (χ1v) is 2.90. The van der Waals surface area contributed by atoms with E-state index in [-0.39, 0.29) is 48.6 Å². The third kappa shape index (κ3) is 10.6. The number of thiol groups is 1. The van der Waals surface area contributed by atoms with E-state index in [1.54, 1.807) is 0 Å². The zero-order valence-corrected chi connectivity index (χ0v) is 10.2. The van der Waals surface area contributed by atoms with Crippen molar-refractivity contribution in [1.29, 1.82) is 0 Å². The van der Waals surface area contributed by atoms with Gasteiger partial charge in [0.1, 0.15) is 0 Å². The first-order chi connectivity index (χ1) is 2.64. The molecule has 0 aromatic heterocycles. The van der Waals surface area contributed by atoms with E-state index in [0.29, 0.717) is 0 Å². The van der Waals surface area contributed by atoms with Crippen LogP contribution >= 0.6 is 26.1 Å². The summed E-state index contributed by atoms with van der Waals surface area (Å²) < 4.78 is -0.377. The first-order valence-electron chi connectivity index (χ1n) is 1.30. The maximum absolute atomic E-state index is 9.83. The molecule has 0 radical (unpaired) electrons. The van der Waals surface area contributed by atoms with E-state index >= 15 is 0 Å². The smallest absolute Gasteiger partial charge is 1.00 e. The Morgan fingerprint density at radius 3 is 2.00 bits per heavy atom. The fraction of sp³-hybridized carbons (Fsp3) is 0.500. The van der Waals surface area contributed by atoms with E-state index in [4.69, 9.17) is 5.73 Å². The number of carbonyl (C=O) groups excluding carboxylic acids is 1. The van der Waals surface area contributed by atoms with Gasteiger partial charge in [0, 0.05) is 0 Å². The molecule has 8 heavy (non-hydrogen) atoms.